The van der Waals surface area contributed by atoms with Gasteiger partial charge in [0.1, 0.15) is 0 Å². The maximum Gasteiger partial charge on any atom is 0.485 e. The molecule has 34 heavy (non-hydrogen) atoms. The fourth-order valence-corrected chi connectivity index (χ4v) is 4.71. The SMILES string of the molecule is O=S(=O)([O-])C(F)(F)F.O=c1[nH]c(-c2ccc(Cl)cc2)n[n+]2c3c(c4c(c12)CCCC4)CCCC3. The summed E-state index contributed by atoms with van der Waals surface area (Å²) in [6, 6.07) is 7.46. The van der Waals surface area contributed by atoms with Gasteiger partial charge in [0.05, 0.1) is 0 Å². The van der Waals surface area contributed by atoms with Gasteiger partial charge in [0.2, 0.25) is 11.5 Å². The molecule has 0 atom stereocenters. The summed E-state index contributed by atoms with van der Waals surface area (Å²) in [5.41, 5.74) is 1.34. The molecule has 2 aromatic heterocycles. The zero-order chi connectivity index (χ0) is 24.7. The van der Waals surface area contributed by atoms with E-state index in [1.807, 2.05) is 28.8 Å². The van der Waals surface area contributed by atoms with Crippen molar-refractivity contribution in [2.24, 2.45) is 0 Å². The molecule has 12 heteroatoms. The topological polar surface area (TPSA) is 107 Å². The monoisotopic (exact) mass is 515 g/mol. The lowest BCUT2D eigenvalue weighted by molar-refractivity contribution is -0.591. The quantitative estimate of drug-likeness (QED) is 0.302. The first kappa shape index (κ1) is 24.6. The van der Waals surface area contributed by atoms with Gasteiger partial charge in [-0.25, -0.2) is 8.42 Å². The smallest absolute Gasteiger partial charge is 0.485 e. The first-order chi connectivity index (χ1) is 16.0. The Morgan fingerprint density at radius 2 is 1.47 bits per heavy atom. The van der Waals surface area contributed by atoms with E-state index in [1.54, 1.807) is 0 Å². The first-order valence-electron chi connectivity index (χ1n) is 10.8. The Kier molecular flexibility index (Phi) is 6.71. The van der Waals surface area contributed by atoms with Crippen molar-refractivity contribution in [3.63, 3.8) is 0 Å². The normalized spacial score (nSPS) is 15.8. The highest BCUT2D eigenvalue weighted by Gasteiger charge is 2.37. The molecule has 0 unspecified atom stereocenters. The standard InChI is InChI=1S/C21H20ClN3O.CHF3O3S/c22-14-11-9-13(10-12-14)20-23-21(26)19-17-7-2-1-5-15(17)16-6-3-4-8-18(16)25(19)24-20;2-1(3,4)8(5,6)7/h9-12H,1-8H2;(H,5,6,7). The van der Waals surface area contributed by atoms with Gasteiger partial charge in [0.25, 0.3) is 0 Å². The lowest BCUT2D eigenvalue weighted by Gasteiger charge is -2.22. The summed E-state index contributed by atoms with van der Waals surface area (Å²) in [6.45, 7) is 0. The van der Waals surface area contributed by atoms with Crippen LogP contribution in [0.3, 0.4) is 0 Å². The van der Waals surface area contributed by atoms with E-state index < -0.39 is 15.6 Å². The van der Waals surface area contributed by atoms with Crippen LogP contribution in [0.1, 0.15) is 48.1 Å². The van der Waals surface area contributed by atoms with Crippen molar-refractivity contribution >= 4 is 27.2 Å². The number of benzene rings is 1. The Bertz CT molecular complexity index is 1400. The number of alkyl halides is 3. The summed E-state index contributed by atoms with van der Waals surface area (Å²) >= 11 is 6.00. The van der Waals surface area contributed by atoms with Crippen LogP contribution in [0.15, 0.2) is 29.1 Å². The van der Waals surface area contributed by atoms with Gasteiger partial charge in [-0.3, -0.25) is 9.78 Å². The van der Waals surface area contributed by atoms with Crippen molar-refractivity contribution in [3.05, 3.63) is 62.0 Å². The minimum absolute atomic E-state index is 0.0310. The number of pyridine rings is 1. The molecule has 0 fully saturated rings. The van der Waals surface area contributed by atoms with Crippen LogP contribution in [0.2, 0.25) is 5.02 Å². The third-order valence-electron chi connectivity index (χ3n) is 6.07. The number of nitrogens with one attached hydrogen (secondary N) is 1. The minimum atomic E-state index is -6.09. The summed E-state index contributed by atoms with van der Waals surface area (Å²) in [5, 5.41) is 5.55. The Balaban J connectivity index is 0.000000297. The lowest BCUT2D eigenvalue weighted by Crippen LogP contribution is -2.43. The Hall–Kier alpha value is -2.50. The molecule has 1 aromatic carbocycles. The molecule has 0 bridgehead atoms. The van der Waals surface area contributed by atoms with E-state index in [-0.39, 0.29) is 5.56 Å². The maximum atomic E-state index is 13.1. The molecule has 0 radical (unpaired) electrons. The van der Waals surface area contributed by atoms with Crippen molar-refractivity contribution in [3.8, 4) is 11.4 Å². The van der Waals surface area contributed by atoms with Crippen LogP contribution < -0.4 is 10.1 Å². The van der Waals surface area contributed by atoms with E-state index in [2.05, 4.69) is 4.98 Å². The molecule has 0 saturated heterocycles. The molecular weight excluding hydrogens is 495 g/mol. The number of fused-ring (bicyclic) bond motifs is 6. The molecule has 0 aliphatic heterocycles. The molecule has 5 rings (SSSR count). The van der Waals surface area contributed by atoms with Gasteiger partial charge in [-0.15, -0.1) is 0 Å². The molecule has 0 spiro atoms. The second kappa shape index (κ2) is 9.27. The number of hydrogen-bond acceptors (Lipinski definition) is 5. The van der Waals surface area contributed by atoms with Crippen LogP contribution in [0.25, 0.3) is 16.9 Å². The average molecular weight is 516 g/mol. The van der Waals surface area contributed by atoms with Crippen molar-refractivity contribution in [2.75, 3.05) is 0 Å². The number of H-pyrrole nitrogens is 1. The fourth-order valence-electron chi connectivity index (χ4n) is 4.58. The number of hydrogen-bond donors (Lipinski definition) is 1. The number of aromatic amines is 1. The van der Waals surface area contributed by atoms with E-state index in [1.165, 1.54) is 41.6 Å². The van der Waals surface area contributed by atoms with Crippen molar-refractivity contribution < 1.29 is 30.7 Å². The van der Waals surface area contributed by atoms with Gasteiger partial charge in [0.15, 0.2) is 10.1 Å². The number of aryl methyl sites for hydroxylation is 2. The van der Waals surface area contributed by atoms with Gasteiger partial charge in [-0.2, -0.15) is 13.2 Å². The molecule has 2 aliphatic rings. The summed E-state index contributed by atoms with van der Waals surface area (Å²) < 4.78 is 60.9. The molecule has 0 amide bonds. The van der Waals surface area contributed by atoms with Crippen LogP contribution >= 0.6 is 11.6 Å². The fraction of sp³-hybridized carbons (Fsp3) is 0.409. The van der Waals surface area contributed by atoms with E-state index in [0.29, 0.717) is 10.8 Å². The first-order valence-corrected chi connectivity index (χ1v) is 12.6. The molecule has 7 nitrogen and oxygen atoms in total. The molecule has 3 aromatic rings. The summed E-state index contributed by atoms with van der Waals surface area (Å²) in [4.78, 5) is 16.1. The predicted octanol–water partition coefficient (Wildman–Crippen LogP) is 3.64. The minimum Gasteiger partial charge on any atom is -0.741 e. The molecule has 1 N–H and O–H groups in total. The van der Waals surface area contributed by atoms with E-state index in [0.717, 1.165) is 43.2 Å². The molecule has 2 heterocycles. The highest BCUT2D eigenvalue weighted by atomic mass is 35.5. The predicted molar refractivity (Wildman–Crippen MR) is 117 cm³/mol. The van der Waals surface area contributed by atoms with Crippen LogP contribution in [-0.4, -0.2) is 28.6 Å². The van der Waals surface area contributed by atoms with E-state index in [9.17, 15) is 18.0 Å². The van der Waals surface area contributed by atoms with Crippen molar-refractivity contribution in [1.29, 1.82) is 0 Å². The maximum absolute atomic E-state index is 13.1. The molecule has 182 valence electrons. The van der Waals surface area contributed by atoms with Gasteiger partial charge in [-0.05, 0) is 79.3 Å². The summed E-state index contributed by atoms with van der Waals surface area (Å²) in [7, 11) is -6.09. The van der Waals surface area contributed by atoms with Crippen LogP contribution in [0, 0.1) is 0 Å². The largest absolute Gasteiger partial charge is 0.741 e. The van der Waals surface area contributed by atoms with Crippen molar-refractivity contribution in [2.45, 2.75) is 56.9 Å². The number of rotatable bonds is 1. The second-order valence-electron chi connectivity index (χ2n) is 8.27. The number of aromatic nitrogens is 3. The third kappa shape index (κ3) is 4.82. The van der Waals surface area contributed by atoms with Gasteiger partial charge >= 0.3 is 16.6 Å². The second-order valence-corrected chi connectivity index (χ2v) is 10.1. The van der Waals surface area contributed by atoms with Gasteiger partial charge in [-0.1, -0.05) is 11.6 Å². The highest BCUT2D eigenvalue weighted by molar-refractivity contribution is 7.86. The molecule has 0 saturated carbocycles. The zero-order valence-electron chi connectivity index (χ0n) is 17.9. The molecule has 2 aliphatic carbocycles. The molecular formula is C22H21ClF3N3O4S. The zero-order valence-corrected chi connectivity index (χ0v) is 19.5. The Morgan fingerprint density at radius 3 is 2.06 bits per heavy atom. The van der Waals surface area contributed by atoms with Crippen LogP contribution in [0.4, 0.5) is 13.2 Å². The Morgan fingerprint density at radius 1 is 0.941 bits per heavy atom. The number of nitrogens with zero attached hydrogens (tertiary/aromatic N) is 2. The van der Waals surface area contributed by atoms with E-state index in [4.69, 9.17) is 29.7 Å². The average Bonchev–Trinajstić information content (AvgIpc) is 2.78. The summed E-state index contributed by atoms with van der Waals surface area (Å²) in [6.07, 6.45) is 8.98. The summed E-state index contributed by atoms with van der Waals surface area (Å²) in [5.74, 6) is 0.604. The Labute approximate surface area is 198 Å². The van der Waals surface area contributed by atoms with E-state index >= 15 is 0 Å². The number of halogens is 4. The third-order valence-corrected chi connectivity index (χ3v) is 6.89. The van der Waals surface area contributed by atoms with Gasteiger partial charge in [0, 0.05) is 33.2 Å². The van der Waals surface area contributed by atoms with Crippen LogP contribution in [0.5, 0.6) is 0 Å². The highest BCUT2D eigenvalue weighted by Crippen LogP contribution is 2.31. The van der Waals surface area contributed by atoms with Crippen molar-refractivity contribution in [1.82, 2.24) is 10.1 Å². The van der Waals surface area contributed by atoms with Gasteiger partial charge < -0.3 is 4.55 Å². The lowest BCUT2D eigenvalue weighted by atomic mass is 9.83. The van der Waals surface area contributed by atoms with Crippen LogP contribution in [-0.2, 0) is 35.8 Å².